The molecule has 2 heterocycles. The maximum absolute atomic E-state index is 4.33. The number of aryl methyl sites for hydroxylation is 1. The van der Waals surface area contributed by atoms with Crippen LogP contribution in [0.25, 0.3) is 0 Å². The van der Waals surface area contributed by atoms with Gasteiger partial charge >= 0.3 is 0 Å². The summed E-state index contributed by atoms with van der Waals surface area (Å²) in [5, 5.41) is 3.36. The van der Waals surface area contributed by atoms with E-state index >= 15 is 0 Å². The van der Waals surface area contributed by atoms with Crippen LogP contribution in [0.3, 0.4) is 0 Å². The zero-order valence-corrected chi connectivity index (χ0v) is 8.01. The Balaban J connectivity index is 2.34. The fourth-order valence-corrected chi connectivity index (χ4v) is 1.78. The third-order valence-corrected chi connectivity index (χ3v) is 2.45. The van der Waals surface area contributed by atoms with Crippen molar-refractivity contribution in [3.05, 3.63) is 23.3 Å². The lowest BCUT2D eigenvalue weighted by Crippen LogP contribution is -2.26. The molecule has 0 saturated carbocycles. The number of nitrogens with zero attached hydrogens (tertiary/aromatic N) is 2. The largest absolute Gasteiger partial charge is 0.312 e. The van der Waals surface area contributed by atoms with Gasteiger partial charge in [-0.3, -0.25) is 0 Å². The minimum Gasteiger partial charge on any atom is -0.312 e. The number of aromatic nitrogens is 2. The number of fused-ring (bicyclic) bond motifs is 1. The van der Waals surface area contributed by atoms with Crippen LogP contribution in [0.2, 0.25) is 0 Å². The lowest BCUT2D eigenvalue weighted by atomic mass is 10.0. The summed E-state index contributed by atoms with van der Waals surface area (Å²) in [5.41, 5.74) is 3.83. The maximum Gasteiger partial charge on any atom is 0.115 e. The van der Waals surface area contributed by atoms with Gasteiger partial charge in [-0.1, -0.05) is 13.3 Å². The highest BCUT2D eigenvalue weighted by Crippen LogP contribution is 2.15. The van der Waals surface area contributed by atoms with E-state index in [0.717, 1.165) is 32.4 Å². The van der Waals surface area contributed by atoms with Crippen molar-refractivity contribution in [3.63, 3.8) is 0 Å². The molecule has 0 aromatic carbocycles. The number of nitrogens with one attached hydrogen (secondary N) is 1. The molecule has 1 N–H and O–H groups in total. The molecule has 2 rings (SSSR count). The van der Waals surface area contributed by atoms with Crippen molar-refractivity contribution in [1.29, 1.82) is 0 Å². The van der Waals surface area contributed by atoms with Crippen molar-refractivity contribution in [2.75, 3.05) is 6.54 Å². The van der Waals surface area contributed by atoms with Gasteiger partial charge in [-0.05, 0) is 6.42 Å². The maximum atomic E-state index is 4.33. The summed E-state index contributed by atoms with van der Waals surface area (Å²) in [6.45, 7) is 4.19. The Kier molecular flexibility index (Phi) is 2.54. The molecule has 0 saturated heterocycles. The Labute approximate surface area is 78.6 Å². The van der Waals surface area contributed by atoms with E-state index in [-0.39, 0.29) is 0 Å². The van der Waals surface area contributed by atoms with Crippen LogP contribution in [0, 0.1) is 0 Å². The molecule has 0 fully saturated rings. The predicted molar refractivity (Wildman–Crippen MR) is 51.4 cm³/mol. The van der Waals surface area contributed by atoms with Crippen molar-refractivity contribution < 1.29 is 0 Å². The molecule has 1 aromatic rings. The SMILES string of the molecule is CCCc1ncnc2c1CNCC2. The van der Waals surface area contributed by atoms with Gasteiger partial charge in [0.1, 0.15) is 6.33 Å². The Morgan fingerprint density at radius 1 is 1.46 bits per heavy atom. The van der Waals surface area contributed by atoms with Crippen molar-refractivity contribution in [2.45, 2.75) is 32.7 Å². The molecule has 1 aliphatic rings. The number of hydrogen-bond acceptors (Lipinski definition) is 3. The summed E-state index contributed by atoms with van der Waals surface area (Å²) in [6, 6.07) is 0. The fourth-order valence-electron chi connectivity index (χ4n) is 1.78. The summed E-state index contributed by atoms with van der Waals surface area (Å²) < 4.78 is 0. The zero-order chi connectivity index (χ0) is 9.10. The summed E-state index contributed by atoms with van der Waals surface area (Å²) in [7, 11) is 0. The lowest BCUT2D eigenvalue weighted by Gasteiger charge is -2.17. The van der Waals surface area contributed by atoms with E-state index in [2.05, 4.69) is 22.2 Å². The van der Waals surface area contributed by atoms with Gasteiger partial charge in [0.15, 0.2) is 0 Å². The quantitative estimate of drug-likeness (QED) is 0.734. The van der Waals surface area contributed by atoms with E-state index in [0.29, 0.717) is 0 Å². The first-order valence-electron chi connectivity index (χ1n) is 4.94. The third kappa shape index (κ3) is 1.70. The van der Waals surface area contributed by atoms with E-state index in [1.165, 1.54) is 17.0 Å². The Hall–Kier alpha value is -0.960. The average molecular weight is 177 g/mol. The smallest absolute Gasteiger partial charge is 0.115 e. The van der Waals surface area contributed by atoms with E-state index in [9.17, 15) is 0 Å². The van der Waals surface area contributed by atoms with Crippen LogP contribution in [0.5, 0.6) is 0 Å². The van der Waals surface area contributed by atoms with Gasteiger partial charge in [0.25, 0.3) is 0 Å². The summed E-state index contributed by atoms with van der Waals surface area (Å²) in [5.74, 6) is 0. The first-order chi connectivity index (χ1) is 6.42. The first kappa shape index (κ1) is 8.63. The standard InChI is InChI=1S/C10H15N3/c1-2-3-9-8-6-11-5-4-10(8)13-7-12-9/h7,11H,2-6H2,1H3. The van der Waals surface area contributed by atoms with Crippen LogP contribution in [0.1, 0.15) is 30.3 Å². The molecule has 3 heteroatoms. The molecule has 0 aliphatic carbocycles. The Morgan fingerprint density at radius 3 is 3.23 bits per heavy atom. The van der Waals surface area contributed by atoms with Gasteiger partial charge in [0.05, 0.1) is 0 Å². The van der Waals surface area contributed by atoms with Gasteiger partial charge in [-0.25, -0.2) is 9.97 Å². The van der Waals surface area contributed by atoms with Gasteiger partial charge < -0.3 is 5.32 Å². The molecule has 0 atom stereocenters. The minimum atomic E-state index is 0.950. The highest BCUT2D eigenvalue weighted by Gasteiger charge is 2.13. The molecular weight excluding hydrogens is 162 g/mol. The third-order valence-electron chi connectivity index (χ3n) is 2.45. The number of rotatable bonds is 2. The molecule has 0 amide bonds. The highest BCUT2D eigenvalue weighted by molar-refractivity contribution is 5.26. The van der Waals surface area contributed by atoms with E-state index in [1.807, 2.05) is 0 Å². The van der Waals surface area contributed by atoms with Gasteiger partial charge in [-0.2, -0.15) is 0 Å². The molecule has 70 valence electrons. The summed E-state index contributed by atoms with van der Waals surface area (Å²) in [4.78, 5) is 8.64. The van der Waals surface area contributed by atoms with Crippen LogP contribution < -0.4 is 5.32 Å². The van der Waals surface area contributed by atoms with Gasteiger partial charge in [0, 0.05) is 36.5 Å². The van der Waals surface area contributed by atoms with Crippen LogP contribution >= 0.6 is 0 Å². The predicted octanol–water partition coefficient (Wildman–Crippen LogP) is 1.07. The van der Waals surface area contributed by atoms with Crippen molar-refractivity contribution in [3.8, 4) is 0 Å². The van der Waals surface area contributed by atoms with E-state index in [4.69, 9.17) is 0 Å². The molecule has 1 aliphatic heterocycles. The zero-order valence-electron chi connectivity index (χ0n) is 8.01. The highest BCUT2D eigenvalue weighted by atomic mass is 14.9. The van der Waals surface area contributed by atoms with Crippen LogP contribution in [0.15, 0.2) is 6.33 Å². The molecule has 1 aromatic heterocycles. The van der Waals surface area contributed by atoms with Gasteiger partial charge in [0.2, 0.25) is 0 Å². The van der Waals surface area contributed by atoms with Crippen LogP contribution in [0.4, 0.5) is 0 Å². The van der Waals surface area contributed by atoms with Crippen molar-refractivity contribution in [2.24, 2.45) is 0 Å². The second kappa shape index (κ2) is 3.83. The van der Waals surface area contributed by atoms with Gasteiger partial charge in [-0.15, -0.1) is 0 Å². The molecular formula is C10H15N3. The molecule has 13 heavy (non-hydrogen) atoms. The lowest BCUT2D eigenvalue weighted by molar-refractivity contribution is 0.614. The average Bonchev–Trinajstić information content (AvgIpc) is 2.19. The second-order valence-corrected chi connectivity index (χ2v) is 3.42. The monoisotopic (exact) mass is 177 g/mol. The normalized spacial score (nSPS) is 15.5. The van der Waals surface area contributed by atoms with Crippen molar-refractivity contribution >= 4 is 0 Å². The number of hydrogen-bond donors (Lipinski definition) is 1. The molecule has 0 spiro atoms. The topological polar surface area (TPSA) is 37.8 Å². The summed E-state index contributed by atoms with van der Waals surface area (Å²) >= 11 is 0. The molecule has 3 nitrogen and oxygen atoms in total. The fraction of sp³-hybridized carbons (Fsp3) is 0.600. The Bertz CT molecular complexity index is 296. The molecule has 0 bridgehead atoms. The van der Waals surface area contributed by atoms with E-state index in [1.54, 1.807) is 6.33 Å². The first-order valence-corrected chi connectivity index (χ1v) is 4.94. The van der Waals surface area contributed by atoms with Crippen LogP contribution in [-0.2, 0) is 19.4 Å². The van der Waals surface area contributed by atoms with Crippen LogP contribution in [-0.4, -0.2) is 16.5 Å². The van der Waals surface area contributed by atoms with E-state index < -0.39 is 0 Å². The Morgan fingerprint density at radius 2 is 2.38 bits per heavy atom. The van der Waals surface area contributed by atoms with Crippen molar-refractivity contribution in [1.82, 2.24) is 15.3 Å². The second-order valence-electron chi connectivity index (χ2n) is 3.42. The molecule has 0 radical (unpaired) electrons. The molecule has 0 unspecified atom stereocenters. The minimum absolute atomic E-state index is 0.950. The summed E-state index contributed by atoms with van der Waals surface area (Å²) in [6.07, 6.45) is 4.99.